The first-order chi connectivity index (χ1) is 13.2. The van der Waals surface area contributed by atoms with Crippen LogP contribution in [0, 0.1) is 0 Å². The minimum absolute atomic E-state index is 0.207. The summed E-state index contributed by atoms with van der Waals surface area (Å²) in [5.41, 5.74) is 1.87. The number of anilines is 1. The number of rotatable bonds is 6. The predicted molar refractivity (Wildman–Crippen MR) is 107 cm³/mol. The number of ketones is 1. The van der Waals surface area contributed by atoms with Gasteiger partial charge in [-0.1, -0.05) is 42.5 Å². The van der Waals surface area contributed by atoms with E-state index in [1.807, 2.05) is 54.6 Å². The number of methoxy groups -OCH3 is 2. The molecule has 136 valence electrons. The number of carbonyl (C=O) groups is 1. The van der Waals surface area contributed by atoms with E-state index in [0.717, 1.165) is 0 Å². The van der Waals surface area contributed by atoms with Gasteiger partial charge in [-0.3, -0.25) is 4.79 Å². The third-order valence-corrected chi connectivity index (χ3v) is 3.88. The fraction of sp³-hybridized carbons (Fsp3) is 0.0909. The Bertz CT molecular complexity index is 953. The van der Waals surface area contributed by atoms with Crippen LogP contribution < -0.4 is 14.8 Å². The van der Waals surface area contributed by atoms with E-state index in [1.165, 1.54) is 0 Å². The van der Waals surface area contributed by atoms with E-state index >= 15 is 0 Å². The fourth-order valence-electron chi connectivity index (χ4n) is 2.51. The van der Waals surface area contributed by atoms with Crippen LogP contribution in [0.3, 0.4) is 0 Å². The Morgan fingerprint density at radius 1 is 0.815 bits per heavy atom. The summed E-state index contributed by atoms with van der Waals surface area (Å²) in [7, 11) is 3.19. The highest BCUT2D eigenvalue weighted by Crippen LogP contribution is 2.22. The van der Waals surface area contributed by atoms with Gasteiger partial charge in [-0.05, 0) is 24.3 Å². The van der Waals surface area contributed by atoms with Gasteiger partial charge in [0, 0.05) is 23.4 Å². The summed E-state index contributed by atoms with van der Waals surface area (Å²) in [6.45, 7) is 0. The molecule has 0 amide bonds. The Morgan fingerprint density at radius 2 is 1.48 bits per heavy atom. The lowest BCUT2D eigenvalue weighted by Crippen LogP contribution is -2.23. The van der Waals surface area contributed by atoms with Crippen molar-refractivity contribution in [1.82, 2.24) is 0 Å². The van der Waals surface area contributed by atoms with E-state index in [9.17, 15) is 4.79 Å². The summed E-state index contributed by atoms with van der Waals surface area (Å²) >= 11 is 0. The van der Waals surface area contributed by atoms with Crippen molar-refractivity contribution in [3.63, 3.8) is 0 Å². The second kappa shape index (κ2) is 8.67. The lowest BCUT2D eigenvalue weighted by Gasteiger charge is -2.11. The number of nitrogens with zero attached hydrogens (tertiary/aromatic N) is 1. The van der Waals surface area contributed by atoms with Gasteiger partial charge in [-0.2, -0.15) is 0 Å². The van der Waals surface area contributed by atoms with Gasteiger partial charge in [-0.25, -0.2) is 4.99 Å². The molecule has 0 aliphatic rings. The SMILES string of the molecule is COc1cccc(N=C(Nc2cccc(OC)c2)C(=O)c2ccccc2)c1. The number of hydrogen-bond donors (Lipinski definition) is 1. The molecule has 27 heavy (non-hydrogen) atoms. The lowest BCUT2D eigenvalue weighted by atomic mass is 10.1. The molecule has 0 spiro atoms. The normalized spacial score (nSPS) is 11.0. The molecular weight excluding hydrogens is 340 g/mol. The van der Waals surface area contributed by atoms with E-state index in [0.29, 0.717) is 28.4 Å². The Balaban J connectivity index is 1.99. The third kappa shape index (κ3) is 4.73. The van der Waals surface area contributed by atoms with Crippen molar-refractivity contribution in [3.05, 3.63) is 84.4 Å². The number of amidine groups is 1. The molecule has 3 aromatic rings. The molecule has 0 heterocycles. The largest absolute Gasteiger partial charge is 0.497 e. The predicted octanol–water partition coefficient (Wildman–Crippen LogP) is 4.73. The number of benzene rings is 3. The molecule has 3 rings (SSSR count). The molecule has 0 aromatic heterocycles. The Hall–Kier alpha value is -3.60. The maximum atomic E-state index is 13.0. The Labute approximate surface area is 158 Å². The van der Waals surface area contributed by atoms with Crippen LogP contribution in [0.4, 0.5) is 11.4 Å². The Kier molecular flexibility index (Phi) is 5.84. The van der Waals surface area contributed by atoms with Crippen LogP contribution in [-0.4, -0.2) is 25.8 Å². The minimum atomic E-state index is -0.207. The highest BCUT2D eigenvalue weighted by Gasteiger charge is 2.15. The molecule has 1 N–H and O–H groups in total. The zero-order chi connectivity index (χ0) is 19.1. The monoisotopic (exact) mass is 360 g/mol. The number of aliphatic imine (C=N–C) groups is 1. The highest BCUT2D eigenvalue weighted by atomic mass is 16.5. The van der Waals surface area contributed by atoms with Crippen molar-refractivity contribution in [2.24, 2.45) is 4.99 Å². The number of Topliss-reactive ketones (excluding diaryl/α,β-unsaturated/α-hetero) is 1. The van der Waals surface area contributed by atoms with E-state index < -0.39 is 0 Å². The summed E-state index contributed by atoms with van der Waals surface area (Å²) in [5, 5.41) is 3.12. The van der Waals surface area contributed by atoms with Gasteiger partial charge in [0.1, 0.15) is 11.5 Å². The summed E-state index contributed by atoms with van der Waals surface area (Å²) < 4.78 is 10.5. The molecule has 5 nitrogen and oxygen atoms in total. The second-order valence-corrected chi connectivity index (χ2v) is 5.71. The first kappa shape index (κ1) is 18.2. The quantitative estimate of drug-likeness (QED) is 0.392. The van der Waals surface area contributed by atoms with E-state index in [-0.39, 0.29) is 11.6 Å². The van der Waals surface area contributed by atoms with Gasteiger partial charge in [0.25, 0.3) is 0 Å². The molecule has 0 aliphatic carbocycles. The topological polar surface area (TPSA) is 59.9 Å². The van der Waals surface area contributed by atoms with Crippen LogP contribution in [0.2, 0.25) is 0 Å². The van der Waals surface area contributed by atoms with Gasteiger partial charge in [0.05, 0.1) is 19.9 Å². The van der Waals surface area contributed by atoms with Crippen LogP contribution in [0.1, 0.15) is 10.4 Å². The smallest absolute Gasteiger partial charge is 0.228 e. The number of carbonyl (C=O) groups excluding carboxylic acids is 1. The van der Waals surface area contributed by atoms with Gasteiger partial charge in [-0.15, -0.1) is 0 Å². The Morgan fingerprint density at radius 3 is 2.19 bits per heavy atom. The minimum Gasteiger partial charge on any atom is -0.497 e. The van der Waals surface area contributed by atoms with E-state index in [2.05, 4.69) is 10.3 Å². The average molecular weight is 360 g/mol. The van der Waals surface area contributed by atoms with Crippen LogP contribution in [0.25, 0.3) is 0 Å². The molecule has 5 heteroatoms. The first-order valence-corrected chi connectivity index (χ1v) is 8.43. The molecule has 0 saturated heterocycles. The van der Waals surface area contributed by atoms with Crippen molar-refractivity contribution < 1.29 is 14.3 Å². The molecule has 0 unspecified atom stereocenters. The zero-order valence-corrected chi connectivity index (χ0v) is 15.2. The lowest BCUT2D eigenvalue weighted by molar-refractivity contribution is 0.106. The molecule has 0 saturated carbocycles. The van der Waals surface area contributed by atoms with Crippen LogP contribution in [-0.2, 0) is 0 Å². The van der Waals surface area contributed by atoms with Crippen LogP contribution in [0.15, 0.2) is 83.9 Å². The summed E-state index contributed by atoms with van der Waals surface area (Å²) in [6.07, 6.45) is 0. The van der Waals surface area contributed by atoms with Crippen LogP contribution >= 0.6 is 0 Å². The zero-order valence-electron chi connectivity index (χ0n) is 15.2. The maximum Gasteiger partial charge on any atom is 0.228 e. The first-order valence-electron chi connectivity index (χ1n) is 8.43. The molecule has 0 atom stereocenters. The third-order valence-electron chi connectivity index (χ3n) is 3.88. The molecule has 0 radical (unpaired) electrons. The molecule has 0 bridgehead atoms. The summed E-state index contributed by atoms with van der Waals surface area (Å²) in [4.78, 5) is 17.5. The van der Waals surface area contributed by atoms with Gasteiger partial charge < -0.3 is 14.8 Å². The standard InChI is InChI=1S/C22H20N2O3/c1-26-19-12-6-10-17(14-19)23-22(21(25)16-8-4-3-5-9-16)24-18-11-7-13-20(15-18)27-2/h3-15H,1-2H3,(H,23,24). The van der Waals surface area contributed by atoms with Crippen LogP contribution in [0.5, 0.6) is 11.5 Å². The highest BCUT2D eigenvalue weighted by molar-refractivity contribution is 6.49. The molecule has 0 aliphatic heterocycles. The fourth-order valence-corrected chi connectivity index (χ4v) is 2.51. The van der Waals surface area contributed by atoms with E-state index in [4.69, 9.17) is 9.47 Å². The van der Waals surface area contributed by atoms with Gasteiger partial charge in [0.2, 0.25) is 5.78 Å². The number of nitrogens with one attached hydrogen (secondary N) is 1. The van der Waals surface area contributed by atoms with Crippen molar-refractivity contribution in [2.75, 3.05) is 19.5 Å². The molecular formula is C22H20N2O3. The molecule has 0 fully saturated rings. The van der Waals surface area contributed by atoms with Crippen molar-refractivity contribution in [3.8, 4) is 11.5 Å². The summed E-state index contributed by atoms with van der Waals surface area (Å²) in [5.74, 6) is 1.36. The summed E-state index contributed by atoms with van der Waals surface area (Å²) in [6, 6.07) is 23.6. The van der Waals surface area contributed by atoms with Crippen molar-refractivity contribution in [1.29, 1.82) is 0 Å². The molecule has 3 aromatic carbocycles. The van der Waals surface area contributed by atoms with Crippen molar-refractivity contribution in [2.45, 2.75) is 0 Å². The van der Waals surface area contributed by atoms with E-state index in [1.54, 1.807) is 38.5 Å². The number of hydrogen-bond acceptors (Lipinski definition) is 4. The maximum absolute atomic E-state index is 13.0. The second-order valence-electron chi connectivity index (χ2n) is 5.71. The van der Waals surface area contributed by atoms with Crippen molar-refractivity contribution >= 4 is 23.0 Å². The average Bonchev–Trinajstić information content (AvgIpc) is 2.73. The van der Waals surface area contributed by atoms with Gasteiger partial charge >= 0.3 is 0 Å². The van der Waals surface area contributed by atoms with Gasteiger partial charge in [0.15, 0.2) is 5.84 Å². The number of ether oxygens (including phenoxy) is 2.